The van der Waals surface area contributed by atoms with Gasteiger partial charge in [-0.25, -0.2) is 15.0 Å². The Kier molecular flexibility index (Phi) is 5.88. The summed E-state index contributed by atoms with van der Waals surface area (Å²) < 4.78 is 3.93. The van der Waals surface area contributed by atoms with E-state index >= 15 is 0 Å². The zero-order valence-corrected chi connectivity index (χ0v) is 19.9. The highest BCUT2D eigenvalue weighted by molar-refractivity contribution is 5.61. The lowest BCUT2D eigenvalue weighted by atomic mass is 9.98. The lowest BCUT2D eigenvalue weighted by Crippen LogP contribution is -2.31. The van der Waals surface area contributed by atoms with Gasteiger partial charge in [-0.15, -0.1) is 0 Å². The minimum atomic E-state index is 0.346. The third-order valence-corrected chi connectivity index (χ3v) is 6.41. The summed E-state index contributed by atoms with van der Waals surface area (Å²) in [4.78, 5) is 14.2. The molecule has 174 valence electrons. The van der Waals surface area contributed by atoms with Gasteiger partial charge in [0.25, 0.3) is 0 Å². The number of hydrogen-bond donors (Lipinski definition) is 3. The first-order chi connectivity index (χ1) is 16.0. The van der Waals surface area contributed by atoms with Crippen LogP contribution >= 0.6 is 0 Å². The molecule has 9 nitrogen and oxygen atoms in total. The van der Waals surface area contributed by atoms with Gasteiger partial charge in [-0.2, -0.15) is 9.61 Å². The Morgan fingerprint density at radius 2 is 1.91 bits per heavy atom. The predicted molar refractivity (Wildman–Crippen MR) is 131 cm³/mol. The third kappa shape index (κ3) is 4.50. The molecular weight excluding hydrogens is 414 g/mol. The Bertz CT molecular complexity index is 1260. The van der Waals surface area contributed by atoms with Crippen molar-refractivity contribution in [3.63, 3.8) is 0 Å². The quantitative estimate of drug-likeness (QED) is 0.399. The molecule has 0 spiro atoms. The van der Waals surface area contributed by atoms with Crippen molar-refractivity contribution in [2.45, 2.75) is 53.0 Å². The topological polar surface area (TPSA) is 96.5 Å². The van der Waals surface area contributed by atoms with Gasteiger partial charge in [0.05, 0.1) is 18.4 Å². The molecule has 4 aromatic rings. The van der Waals surface area contributed by atoms with Crippen molar-refractivity contribution in [2.75, 3.05) is 30.3 Å². The van der Waals surface area contributed by atoms with Crippen molar-refractivity contribution in [3.05, 3.63) is 47.2 Å². The third-order valence-electron chi connectivity index (χ3n) is 6.41. The van der Waals surface area contributed by atoms with E-state index in [0.29, 0.717) is 18.4 Å². The Balaban J connectivity index is 1.41. The van der Waals surface area contributed by atoms with E-state index in [9.17, 15) is 0 Å². The SMILES string of the molecule is Cc1cc(C)n2cc(CNc3cc(NCC4CCNCC4)nc4c(C(C)C)cnn34)nc2n1. The van der Waals surface area contributed by atoms with E-state index in [1.165, 1.54) is 12.8 Å². The number of fused-ring (bicyclic) bond motifs is 2. The molecule has 0 bridgehead atoms. The largest absolute Gasteiger partial charge is 0.370 e. The van der Waals surface area contributed by atoms with Crippen LogP contribution in [0, 0.1) is 19.8 Å². The average molecular weight is 448 g/mol. The minimum Gasteiger partial charge on any atom is -0.370 e. The van der Waals surface area contributed by atoms with Crippen LogP contribution in [0.3, 0.4) is 0 Å². The maximum Gasteiger partial charge on any atom is 0.234 e. The predicted octanol–water partition coefficient (Wildman–Crippen LogP) is 3.54. The molecule has 33 heavy (non-hydrogen) atoms. The Labute approximate surface area is 194 Å². The summed E-state index contributed by atoms with van der Waals surface area (Å²) in [7, 11) is 0. The van der Waals surface area contributed by atoms with Crippen molar-refractivity contribution < 1.29 is 0 Å². The van der Waals surface area contributed by atoms with Gasteiger partial charge < -0.3 is 16.0 Å². The summed E-state index contributed by atoms with van der Waals surface area (Å²) in [5.41, 5.74) is 5.07. The van der Waals surface area contributed by atoms with E-state index < -0.39 is 0 Å². The van der Waals surface area contributed by atoms with Gasteiger partial charge in [-0.3, -0.25) is 4.40 Å². The Hall–Kier alpha value is -3.20. The smallest absolute Gasteiger partial charge is 0.234 e. The van der Waals surface area contributed by atoms with Gasteiger partial charge in [0, 0.05) is 35.8 Å². The van der Waals surface area contributed by atoms with Crippen LogP contribution in [0.2, 0.25) is 0 Å². The zero-order valence-electron chi connectivity index (χ0n) is 19.9. The van der Waals surface area contributed by atoms with Gasteiger partial charge in [0.1, 0.15) is 11.6 Å². The molecule has 0 radical (unpaired) electrons. The van der Waals surface area contributed by atoms with E-state index in [0.717, 1.165) is 65.3 Å². The van der Waals surface area contributed by atoms with Crippen LogP contribution in [-0.2, 0) is 6.54 Å². The number of nitrogens with one attached hydrogen (secondary N) is 3. The Morgan fingerprint density at radius 1 is 1.09 bits per heavy atom. The van der Waals surface area contributed by atoms with Crippen LogP contribution in [0.25, 0.3) is 11.4 Å². The maximum atomic E-state index is 4.92. The Morgan fingerprint density at radius 3 is 2.70 bits per heavy atom. The van der Waals surface area contributed by atoms with Crippen LogP contribution in [0.5, 0.6) is 0 Å². The normalized spacial score (nSPS) is 15.1. The monoisotopic (exact) mass is 447 g/mol. The van der Waals surface area contributed by atoms with Gasteiger partial charge in [-0.1, -0.05) is 13.8 Å². The van der Waals surface area contributed by atoms with Crippen molar-refractivity contribution in [1.82, 2.24) is 34.3 Å². The number of anilines is 2. The molecular formula is C24H33N9. The van der Waals surface area contributed by atoms with Crippen LogP contribution in [0.1, 0.15) is 55.3 Å². The highest BCUT2D eigenvalue weighted by atomic mass is 15.3. The molecule has 0 atom stereocenters. The molecule has 1 aliphatic heterocycles. The number of hydrogen-bond acceptors (Lipinski definition) is 7. The molecule has 4 aromatic heterocycles. The van der Waals surface area contributed by atoms with Crippen LogP contribution in [-0.4, -0.2) is 48.6 Å². The van der Waals surface area contributed by atoms with Gasteiger partial charge in [0.15, 0.2) is 5.65 Å². The first kappa shape index (κ1) is 21.6. The van der Waals surface area contributed by atoms with Crippen LogP contribution in [0.15, 0.2) is 24.5 Å². The lowest BCUT2D eigenvalue weighted by Gasteiger charge is -2.23. The van der Waals surface area contributed by atoms with Crippen molar-refractivity contribution in [1.29, 1.82) is 0 Å². The molecule has 1 fully saturated rings. The lowest BCUT2D eigenvalue weighted by molar-refractivity contribution is 0.389. The first-order valence-corrected chi connectivity index (χ1v) is 11.9. The number of piperidine rings is 1. The van der Waals surface area contributed by atoms with Gasteiger partial charge >= 0.3 is 0 Å². The second-order valence-corrected chi connectivity index (χ2v) is 9.39. The van der Waals surface area contributed by atoms with E-state index in [-0.39, 0.29) is 0 Å². The molecule has 0 unspecified atom stereocenters. The molecule has 0 aliphatic carbocycles. The van der Waals surface area contributed by atoms with E-state index in [1.807, 2.05) is 28.2 Å². The number of imidazole rings is 1. The van der Waals surface area contributed by atoms with Crippen molar-refractivity contribution >= 4 is 23.1 Å². The molecule has 1 saturated heterocycles. The second-order valence-electron chi connectivity index (χ2n) is 9.39. The fourth-order valence-electron chi connectivity index (χ4n) is 4.52. The second kappa shape index (κ2) is 8.97. The fourth-order valence-corrected chi connectivity index (χ4v) is 4.52. The molecule has 5 heterocycles. The van der Waals surface area contributed by atoms with Crippen LogP contribution in [0.4, 0.5) is 11.6 Å². The molecule has 0 amide bonds. The molecule has 9 heteroatoms. The fraction of sp³-hybridized carbons (Fsp3) is 0.500. The van der Waals surface area contributed by atoms with E-state index in [4.69, 9.17) is 9.97 Å². The summed E-state index contributed by atoms with van der Waals surface area (Å²) in [6.45, 7) is 12.1. The van der Waals surface area contributed by atoms with Crippen molar-refractivity contribution in [2.24, 2.45) is 5.92 Å². The highest BCUT2D eigenvalue weighted by Gasteiger charge is 2.17. The standard InChI is InChI=1S/C24H33N9/c1-15(2)20-13-28-33-22(10-21(31-23(20)33)26-11-18-5-7-25-8-6-18)27-12-19-14-32-17(4)9-16(3)29-24(32)30-19/h9-10,13-15,18,25,27H,5-8,11-12H2,1-4H3,(H,26,31). The molecule has 0 aromatic carbocycles. The number of aryl methyl sites for hydroxylation is 2. The molecule has 1 aliphatic rings. The first-order valence-electron chi connectivity index (χ1n) is 11.9. The number of nitrogens with zero attached hydrogens (tertiary/aromatic N) is 6. The molecule has 0 saturated carbocycles. The average Bonchev–Trinajstić information content (AvgIpc) is 3.41. The summed E-state index contributed by atoms with van der Waals surface area (Å²) >= 11 is 0. The van der Waals surface area contributed by atoms with Gasteiger partial charge in [0.2, 0.25) is 5.78 Å². The highest BCUT2D eigenvalue weighted by Crippen LogP contribution is 2.25. The minimum absolute atomic E-state index is 0.346. The zero-order chi connectivity index (χ0) is 22.9. The summed E-state index contributed by atoms with van der Waals surface area (Å²) in [6, 6.07) is 4.12. The van der Waals surface area contributed by atoms with Gasteiger partial charge in [-0.05, 0) is 57.7 Å². The maximum absolute atomic E-state index is 4.92. The summed E-state index contributed by atoms with van der Waals surface area (Å²) in [6.07, 6.45) is 6.37. The molecule has 3 N–H and O–H groups in total. The van der Waals surface area contributed by atoms with E-state index in [1.54, 1.807) is 0 Å². The number of rotatable bonds is 7. The number of aromatic nitrogens is 6. The van der Waals surface area contributed by atoms with E-state index in [2.05, 4.69) is 58.9 Å². The summed E-state index contributed by atoms with van der Waals surface area (Å²) in [5, 5.41) is 15.2. The van der Waals surface area contributed by atoms with Crippen LogP contribution < -0.4 is 16.0 Å². The summed E-state index contributed by atoms with van der Waals surface area (Å²) in [5.74, 6) is 3.53. The molecule has 5 rings (SSSR count). The van der Waals surface area contributed by atoms with Crippen molar-refractivity contribution in [3.8, 4) is 0 Å².